The summed E-state index contributed by atoms with van der Waals surface area (Å²) in [4.78, 5) is 0. The van der Waals surface area contributed by atoms with E-state index in [0.29, 0.717) is 6.54 Å². The maximum Gasteiger partial charge on any atom is 0.123 e. The number of rotatable bonds is 6. The highest BCUT2D eigenvalue weighted by Gasteiger charge is 1.94. The molecular formula is C12H14FNS. The van der Waals surface area contributed by atoms with Gasteiger partial charge in [-0.2, -0.15) is 0 Å². The van der Waals surface area contributed by atoms with Crippen molar-refractivity contribution in [3.63, 3.8) is 0 Å². The summed E-state index contributed by atoms with van der Waals surface area (Å²) in [6, 6.07) is 6.62. The van der Waals surface area contributed by atoms with E-state index in [1.165, 1.54) is 6.07 Å². The van der Waals surface area contributed by atoms with E-state index in [9.17, 15) is 4.39 Å². The molecule has 0 bridgehead atoms. The second-order valence-corrected chi connectivity index (χ2v) is 4.17. The predicted octanol–water partition coefficient (Wildman–Crippen LogP) is 2.28. The van der Waals surface area contributed by atoms with E-state index in [2.05, 4.69) is 11.2 Å². The van der Waals surface area contributed by atoms with Crippen molar-refractivity contribution in [2.45, 2.75) is 6.54 Å². The Kier molecular flexibility index (Phi) is 5.91. The van der Waals surface area contributed by atoms with Crippen LogP contribution in [0.4, 0.5) is 4.39 Å². The first kappa shape index (κ1) is 12.1. The Hall–Kier alpha value is -0.980. The van der Waals surface area contributed by atoms with E-state index in [1.807, 2.05) is 6.07 Å². The highest BCUT2D eigenvalue weighted by atomic mass is 32.2. The van der Waals surface area contributed by atoms with Gasteiger partial charge in [0.1, 0.15) is 5.82 Å². The average Bonchev–Trinajstić information content (AvgIpc) is 2.23. The van der Waals surface area contributed by atoms with E-state index in [0.717, 1.165) is 23.6 Å². The van der Waals surface area contributed by atoms with Crippen molar-refractivity contribution in [2.24, 2.45) is 0 Å². The van der Waals surface area contributed by atoms with Crippen molar-refractivity contribution in [1.82, 2.24) is 5.32 Å². The Labute approximate surface area is 94.5 Å². The monoisotopic (exact) mass is 223 g/mol. The van der Waals surface area contributed by atoms with Gasteiger partial charge in [-0.1, -0.05) is 18.1 Å². The van der Waals surface area contributed by atoms with Crippen molar-refractivity contribution >= 4 is 11.8 Å². The van der Waals surface area contributed by atoms with Gasteiger partial charge < -0.3 is 5.32 Å². The van der Waals surface area contributed by atoms with Gasteiger partial charge in [-0.15, -0.1) is 18.2 Å². The number of halogens is 1. The molecule has 0 aliphatic carbocycles. The molecule has 15 heavy (non-hydrogen) atoms. The predicted molar refractivity (Wildman–Crippen MR) is 64.3 cm³/mol. The van der Waals surface area contributed by atoms with Crippen molar-refractivity contribution in [2.75, 3.05) is 18.1 Å². The lowest BCUT2D eigenvalue weighted by Crippen LogP contribution is -2.16. The Morgan fingerprint density at radius 2 is 2.33 bits per heavy atom. The van der Waals surface area contributed by atoms with E-state index >= 15 is 0 Å². The molecule has 0 saturated heterocycles. The molecule has 0 aliphatic heterocycles. The summed E-state index contributed by atoms with van der Waals surface area (Å²) >= 11 is 1.72. The van der Waals surface area contributed by atoms with E-state index in [1.54, 1.807) is 23.9 Å². The summed E-state index contributed by atoms with van der Waals surface area (Å²) in [5.74, 6) is 4.12. The van der Waals surface area contributed by atoms with Gasteiger partial charge in [0.05, 0.1) is 5.75 Å². The molecule has 1 aromatic rings. The molecular weight excluding hydrogens is 209 g/mol. The van der Waals surface area contributed by atoms with Crippen LogP contribution in [-0.2, 0) is 6.54 Å². The summed E-state index contributed by atoms with van der Waals surface area (Å²) in [7, 11) is 0. The largest absolute Gasteiger partial charge is 0.312 e. The van der Waals surface area contributed by atoms with Crippen LogP contribution in [0.1, 0.15) is 5.56 Å². The van der Waals surface area contributed by atoms with Gasteiger partial charge in [0.25, 0.3) is 0 Å². The molecule has 0 heterocycles. The number of thioether (sulfide) groups is 1. The van der Waals surface area contributed by atoms with Crippen molar-refractivity contribution in [3.8, 4) is 12.3 Å². The first-order chi connectivity index (χ1) is 7.33. The molecule has 0 aliphatic rings. The van der Waals surface area contributed by atoms with Gasteiger partial charge in [-0.3, -0.25) is 0 Å². The normalized spacial score (nSPS) is 9.87. The Morgan fingerprint density at radius 1 is 1.47 bits per heavy atom. The average molecular weight is 223 g/mol. The van der Waals surface area contributed by atoms with Gasteiger partial charge in [0.15, 0.2) is 0 Å². The summed E-state index contributed by atoms with van der Waals surface area (Å²) in [6.45, 7) is 1.59. The van der Waals surface area contributed by atoms with E-state index in [-0.39, 0.29) is 5.82 Å². The highest BCUT2D eigenvalue weighted by Crippen LogP contribution is 2.03. The summed E-state index contributed by atoms with van der Waals surface area (Å²) < 4.78 is 12.8. The first-order valence-electron chi connectivity index (χ1n) is 4.79. The summed E-state index contributed by atoms with van der Waals surface area (Å²) in [5.41, 5.74) is 0.969. The molecule has 0 unspecified atom stereocenters. The van der Waals surface area contributed by atoms with Crippen molar-refractivity contribution < 1.29 is 4.39 Å². The summed E-state index contributed by atoms with van der Waals surface area (Å²) in [6.07, 6.45) is 5.12. The number of terminal acetylenes is 1. The molecule has 1 nitrogen and oxygen atoms in total. The fourth-order valence-corrected chi connectivity index (χ4v) is 1.71. The van der Waals surface area contributed by atoms with Crippen LogP contribution in [-0.4, -0.2) is 18.1 Å². The zero-order valence-corrected chi connectivity index (χ0v) is 9.32. The molecule has 1 N–H and O–H groups in total. The van der Waals surface area contributed by atoms with E-state index < -0.39 is 0 Å². The van der Waals surface area contributed by atoms with Crippen LogP contribution in [0.15, 0.2) is 24.3 Å². The lowest BCUT2D eigenvalue weighted by atomic mass is 10.2. The molecule has 0 aromatic heterocycles. The molecule has 0 atom stereocenters. The minimum Gasteiger partial charge on any atom is -0.312 e. The van der Waals surface area contributed by atoms with Crippen LogP contribution >= 0.6 is 11.8 Å². The molecule has 0 amide bonds. The smallest absolute Gasteiger partial charge is 0.123 e. The second-order valence-electron chi connectivity index (χ2n) is 3.06. The number of hydrogen-bond acceptors (Lipinski definition) is 2. The van der Waals surface area contributed by atoms with Gasteiger partial charge in [0, 0.05) is 18.8 Å². The van der Waals surface area contributed by atoms with Gasteiger partial charge in [-0.25, -0.2) is 4.39 Å². The van der Waals surface area contributed by atoms with Crippen LogP contribution in [0.3, 0.4) is 0 Å². The molecule has 3 heteroatoms. The topological polar surface area (TPSA) is 12.0 Å². The Balaban J connectivity index is 2.13. The standard InChI is InChI=1S/C12H14FNS/c1-2-7-15-8-6-14-10-11-4-3-5-12(13)9-11/h1,3-5,9,14H,6-8,10H2. The van der Waals surface area contributed by atoms with Crippen LogP contribution in [0.5, 0.6) is 0 Å². The maximum atomic E-state index is 12.8. The Bertz CT molecular complexity index is 333. The molecule has 0 radical (unpaired) electrons. The third-order valence-corrected chi connectivity index (χ3v) is 2.69. The number of nitrogens with one attached hydrogen (secondary N) is 1. The molecule has 0 saturated carbocycles. The fraction of sp³-hybridized carbons (Fsp3) is 0.333. The van der Waals surface area contributed by atoms with Crippen molar-refractivity contribution in [1.29, 1.82) is 0 Å². The van der Waals surface area contributed by atoms with E-state index in [4.69, 9.17) is 6.42 Å². The van der Waals surface area contributed by atoms with Gasteiger partial charge in [0.2, 0.25) is 0 Å². The van der Waals surface area contributed by atoms with Crippen molar-refractivity contribution in [3.05, 3.63) is 35.6 Å². The second kappa shape index (κ2) is 7.33. The third kappa shape index (κ3) is 5.46. The number of benzene rings is 1. The van der Waals surface area contributed by atoms with Crippen LogP contribution in [0.2, 0.25) is 0 Å². The minimum absolute atomic E-state index is 0.184. The van der Waals surface area contributed by atoms with Crippen LogP contribution in [0.25, 0.3) is 0 Å². The lowest BCUT2D eigenvalue weighted by Gasteiger charge is -2.03. The third-order valence-electron chi connectivity index (χ3n) is 1.83. The molecule has 1 aromatic carbocycles. The molecule has 1 rings (SSSR count). The van der Waals surface area contributed by atoms with Crippen LogP contribution < -0.4 is 5.32 Å². The maximum absolute atomic E-state index is 12.8. The van der Waals surface area contributed by atoms with Crippen LogP contribution in [0, 0.1) is 18.2 Å². The highest BCUT2D eigenvalue weighted by molar-refractivity contribution is 7.99. The zero-order valence-electron chi connectivity index (χ0n) is 8.50. The first-order valence-corrected chi connectivity index (χ1v) is 5.95. The molecule has 80 valence electrons. The lowest BCUT2D eigenvalue weighted by molar-refractivity contribution is 0.622. The zero-order chi connectivity index (χ0) is 10.9. The SMILES string of the molecule is C#CCSCCNCc1cccc(F)c1. The quantitative estimate of drug-likeness (QED) is 0.586. The number of hydrogen-bond donors (Lipinski definition) is 1. The Morgan fingerprint density at radius 3 is 3.07 bits per heavy atom. The van der Waals surface area contributed by atoms with Gasteiger partial charge in [-0.05, 0) is 17.7 Å². The summed E-state index contributed by atoms with van der Waals surface area (Å²) in [5, 5.41) is 3.23. The molecule has 0 fully saturated rings. The molecule has 0 spiro atoms. The minimum atomic E-state index is -0.184. The fourth-order valence-electron chi connectivity index (χ4n) is 1.16. The van der Waals surface area contributed by atoms with Gasteiger partial charge >= 0.3 is 0 Å².